The van der Waals surface area contributed by atoms with Crippen LogP contribution in [-0.2, 0) is 6.42 Å². The molecule has 2 N–H and O–H groups in total. The Morgan fingerprint density at radius 2 is 1.83 bits per heavy atom. The van der Waals surface area contributed by atoms with Crippen molar-refractivity contribution in [2.24, 2.45) is 5.73 Å². The van der Waals surface area contributed by atoms with Crippen LogP contribution in [0, 0.1) is 0 Å². The predicted molar refractivity (Wildman–Crippen MR) is 79.7 cm³/mol. The lowest BCUT2D eigenvalue weighted by Crippen LogP contribution is -2.50. The van der Waals surface area contributed by atoms with Crippen molar-refractivity contribution in [3.63, 3.8) is 0 Å². The van der Waals surface area contributed by atoms with Crippen LogP contribution in [0.3, 0.4) is 0 Å². The molecule has 0 amide bonds. The number of likely N-dealkylation sites (N-methyl/N-ethyl adjacent to an activating group) is 1. The molecule has 0 heterocycles. The minimum Gasteiger partial charge on any atom is -0.329 e. The van der Waals surface area contributed by atoms with Gasteiger partial charge in [-0.05, 0) is 45.7 Å². The molecular weight excluding hydrogens is 220 g/mol. The Morgan fingerprint density at radius 1 is 1.22 bits per heavy atom. The first kappa shape index (κ1) is 15.2. The van der Waals surface area contributed by atoms with E-state index in [1.54, 1.807) is 0 Å². The smallest absolute Gasteiger partial charge is 0.0223 e. The lowest BCUT2D eigenvalue weighted by Gasteiger charge is -2.40. The molecule has 0 saturated carbocycles. The molecule has 0 aliphatic carbocycles. The summed E-state index contributed by atoms with van der Waals surface area (Å²) in [5.74, 6) is 0. The number of rotatable bonds is 7. The molecule has 0 fully saturated rings. The summed E-state index contributed by atoms with van der Waals surface area (Å²) in [7, 11) is 2.20. The maximum absolute atomic E-state index is 5.95. The molecule has 2 heteroatoms. The minimum atomic E-state index is 0.223. The van der Waals surface area contributed by atoms with Crippen LogP contribution in [-0.4, -0.2) is 30.1 Å². The Morgan fingerprint density at radius 3 is 2.33 bits per heavy atom. The van der Waals surface area contributed by atoms with Crippen LogP contribution in [0.15, 0.2) is 30.3 Å². The van der Waals surface area contributed by atoms with E-state index in [9.17, 15) is 0 Å². The minimum absolute atomic E-state index is 0.223. The van der Waals surface area contributed by atoms with Crippen LogP contribution in [0.4, 0.5) is 0 Å². The first-order valence-electron chi connectivity index (χ1n) is 6.98. The van der Waals surface area contributed by atoms with Gasteiger partial charge in [-0.1, -0.05) is 37.3 Å². The van der Waals surface area contributed by atoms with Gasteiger partial charge in [0.15, 0.2) is 0 Å². The van der Waals surface area contributed by atoms with Crippen LogP contribution in [0.1, 0.15) is 39.2 Å². The highest BCUT2D eigenvalue weighted by molar-refractivity contribution is 5.14. The maximum Gasteiger partial charge on any atom is 0.0223 e. The summed E-state index contributed by atoms with van der Waals surface area (Å²) in [6.07, 6.45) is 3.37. The first-order chi connectivity index (χ1) is 8.51. The zero-order chi connectivity index (χ0) is 13.6. The lowest BCUT2D eigenvalue weighted by molar-refractivity contribution is 0.0957. The van der Waals surface area contributed by atoms with E-state index in [0.29, 0.717) is 6.04 Å². The van der Waals surface area contributed by atoms with E-state index in [2.05, 4.69) is 63.1 Å². The summed E-state index contributed by atoms with van der Waals surface area (Å²) in [5.41, 5.74) is 7.57. The van der Waals surface area contributed by atoms with Crippen molar-refractivity contribution < 1.29 is 0 Å². The summed E-state index contributed by atoms with van der Waals surface area (Å²) in [6, 6.07) is 11.1. The summed E-state index contributed by atoms with van der Waals surface area (Å²) in [6.45, 7) is 7.55. The number of nitrogens with two attached hydrogens (primary N) is 1. The molecule has 0 saturated heterocycles. The lowest BCUT2D eigenvalue weighted by atomic mass is 9.95. The van der Waals surface area contributed by atoms with Gasteiger partial charge in [-0.3, -0.25) is 4.90 Å². The van der Waals surface area contributed by atoms with E-state index >= 15 is 0 Å². The normalized spacial score (nSPS) is 13.9. The van der Waals surface area contributed by atoms with E-state index in [1.165, 1.54) is 5.56 Å². The monoisotopic (exact) mass is 248 g/mol. The van der Waals surface area contributed by atoms with Crippen molar-refractivity contribution in [3.8, 4) is 0 Å². The zero-order valence-electron chi connectivity index (χ0n) is 12.3. The van der Waals surface area contributed by atoms with Crippen LogP contribution in [0.25, 0.3) is 0 Å². The molecule has 0 radical (unpaired) electrons. The maximum atomic E-state index is 5.95. The standard InChI is InChI=1S/C16H28N2/c1-5-16(2,3)18(4)15(13-17)12-11-14-9-7-6-8-10-14/h6-10,15H,5,11-13,17H2,1-4H3. The fourth-order valence-corrected chi connectivity index (χ4v) is 2.19. The largest absolute Gasteiger partial charge is 0.329 e. The van der Waals surface area contributed by atoms with Gasteiger partial charge < -0.3 is 5.73 Å². The van der Waals surface area contributed by atoms with Gasteiger partial charge in [0.25, 0.3) is 0 Å². The highest BCUT2D eigenvalue weighted by Gasteiger charge is 2.26. The highest BCUT2D eigenvalue weighted by atomic mass is 15.2. The average Bonchev–Trinajstić information content (AvgIpc) is 2.40. The number of hydrogen-bond acceptors (Lipinski definition) is 2. The van der Waals surface area contributed by atoms with Crippen molar-refractivity contribution in [1.82, 2.24) is 4.90 Å². The van der Waals surface area contributed by atoms with E-state index in [4.69, 9.17) is 5.73 Å². The third-order valence-corrected chi connectivity index (χ3v) is 4.25. The molecule has 102 valence electrons. The van der Waals surface area contributed by atoms with Gasteiger partial charge in [0.05, 0.1) is 0 Å². The van der Waals surface area contributed by atoms with Crippen molar-refractivity contribution >= 4 is 0 Å². The number of hydrogen-bond donors (Lipinski definition) is 1. The molecular formula is C16H28N2. The van der Waals surface area contributed by atoms with Crippen molar-refractivity contribution in [2.45, 2.75) is 51.6 Å². The average molecular weight is 248 g/mol. The fourth-order valence-electron chi connectivity index (χ4n) is 2.19. The van der Waals surface area contributed by atoms with Crippen LogP contribution < -0.4 is 5.73 Å². The third-order valence-electron chi connectivity index (χ3n) is 4.25. The molecule has 1 aromatic rings. The Bertz CT molecular complexity index is 332. The second-order valence-corrected chi connectivity index (χ2v) is 5.69. The number of benzene rings is 1. The topological polar surface area (TPSA) is 29.3 Å². The van der Waals surface area contributed by atoms with Crippen molar-refractivity contribution in [3.05, 3.63) is 35.9 Å². The van der Waals surface area contributed by atoms with Crippen LogP contribution in [0.5, 0.6) is 0 Å². The molecule has 1 unspecified atom stereocenters. The Kier molecular flexibility index (Phi) is 5.83. The van der Waals surface area contributed by atoms with E-state index < -0.39 is 0 Å². The summed E-state index contributed by atoms with van der Waals surface area (Å²) in [5, 5.41) is 0. The Hall–Kier alpha value is -0.860. The Balaban J connectivity index is 2.57. The summed E-state index contributed by atoms with van der Waals surface area (Å²) < 4.78 is 0. The van der Waals surface area contributed by atoms with E-state index in [0.717, 1.165) is 25.8 Å². The van der Waals surface area contributed by atoms with Crippen molar-refractivity contribution in [1.29, 1.82) is 0 Å². The second-order valence-electron chi connectivity index (χ2n) is 5.69. The summed E-state index contributed by atoms with van der Waals surface area (Å²) in [4.78, 5) is 2.44. The van der Waals surface area contributed by atoms with Gasteiger partial charge in [-0.25, -0.2) is 0 Å². The van der Waals surface area contributed by atoms with E-state index in [1.807, 2.05) is 0 Å². The van der Waals surface area contributed by atoms with Gasteiger partial charge >= 0.3 is 0 Å². The van der Waals surface area contributed by atoms with Gasteiger partial charge in [-0.2, -0.15) is 0 Å². The second kappa shape index (κ2) is 6.91. The van der Waals surface area contributed by atoms with Crippen molar-refractivity contribution in [2.75, 3.05) is 13.6 Å². The van der Waals surface area contributed by atoms with Gasteiger partial charge in [0.1, 0.15) is 0 Å². The van der Waals surface area contributed by atoms with Gasteiger partial charge in [0.2, 0.25) is 0 Å². The SMILES string of the molecule is CCC(C)(C)N(C)C(CN)CCc1ccccc1. The summed E-state index contributed by atoms with van der Waals surface area (Å²) >= 11 is 0. The molecule has 18 heavy (non-hydrogen) atoms. The van der Waals surface area contributed by atoms with Gasteiger partial charge in [-0.15, -0.1) is 0 Å². The molecule has 0 aromatic heterocycles. The highest BCUT2D eigenvalue weighted by Crippen LogP contribution is 2.21. The molecule has 0 aliphatic heterocycles. The molecule has 1 rings (SSSR count). The quantitative estimate of drug-likeness (QED) is 0.803. The van der Waals surface area contributed by atoms with Crippen LogP contribution in [0.2, 0.25) is 0 Å². The molecule has 0 aliphatic rings. The third kappa shape index (κ3) is 4.11. The predicted octanol–water partition coefficient (Wildman–Crippen LogP) is 3.07. The molecule has 0 spiro atoms. The fraction of sp³-hybridized carbons (Fsp3) is 0.625. The Labute approximate surface area is 112 Å². The number of nitrogens with zero attached hydrogens (tertiary/aromatic N) is 1. The van der Waals surface area contributed by atoms with E-state index in [-0.39, 0.29) is 5.54 Å². The first-order valence-corrected chi connectivity index (χ1v) is 6.98. The molecule has 0 bridgehead atoms. The molecule has 2 nitrogen and oxygen atoms in total. The van der Waals surface area contributed by atoms with Gasteiger partial charge in [0, 0.05) is 18.1 Å². The molecule has 1 atom stereocenters. The zero-order valence-corrected chi connectivity index (χ0v) is 12.3. The molecule has 1 aromatic carbocycles. The van der Waals surface area contributed by atoms with Crippen LogP contribution >= 0.6 is 0 Å². The number of aryl methyl sites for hydroxylation is 1.